The number of aromatic hydroxyl groups is 1. The Kier molecular flexibility index (Phi) is 8.88. The standard InChI is InChI=1S/C29H38N2O7S/c1-20(2)18-31(39(34,35)25-11-9-24(36-4)10-12-25)15-13-26(21(3)22-5-7-23(32)8-6-22)30-28(33)38-27-17-29(27)14-16-37-19-29/h5-12,20,26-27,32H,3,13-19H2,1-2,4H3,(H,30,33)/t26-,27+,29?/m1/s1. The largest absolute Gasteiger partial charge is 0.508 e. The number of benzene rings is 2. The van der Waals surface area contributed by atoms with Crippen molar-refractivity contribution in [2.24, 2.45) is 11.3 Å². The fourth-order valence-electron chi connectivity index (χ4n) is 4.92. The van der Waals surface area contributed by atoms with Crippen LogP contribution in [0.4, 0.5) is 4.79 Å². The van der Waals surface area contributed by atoms with Crippen LogP contribution in [0.2, 0.25) is 0 Å². The van der Waals surface area contributed by atoms with Gasteiger partial charge in [0.2, 0.25) is 10.0 Å². The van der Waals surface area contributed by atoms with Crippen LogP contribution in [0.1, 0.15) is 38.7 Å². The number of rotatable bonds is 12. The second-order valence-electron chi connectivity index (χ2n) is 10.8. The van der Waals surface area contributed by atoms with Gasteiger partial charge in [-0.2, -0.15) is 4.31 Å². The van der Waals surface area contributed by atoms with Crippen LogP contribution in [-0.2, 0) is 19.5 Å². The molecular weight excluding hydrogens is 520 g/mol. The number of alkyl carbamates (subject to hydrolysis) is 1. The molecule has 10 heteroatoms. The van der Waals surface area contributed by atoms with Crippen molar-refractivity contribution in [1.29, 1.82) is 0 Å². The van der Waals surface area contributed by atoms with Crippen LogP contribution in [0.3, 0.4) is 0 Å². The zero-order chi connectivity index (χ0) is 28.2. The fraction of sp³-hybridized carbons (Fsp3) is 0.483. The first-order chi connectivity index (χ1) is 18.5. The Morgan fingerprint density at radius 1 is 1.21 bits per heavy atom. The van der Waals surface area contributed by atoms with Gasteiger partial charge in [-0.1, -0.05) is 32.6 Å². The molecule has 2 aromatic carbocycles. The number of nitrogens with one attached hydrogen (secondary N) is 1. The molecule has 212 valence electrons. The van der Waals surface area contributed by atoms with E-state index in [0.29, 0.717) is 31.1 Å². The predicted molar refractivity (Wildman–Crippen MR) is 148 cm³/mol. The first-order valence-corrected chi connectivity index (χ1v) is 14.7. The third-order valence-electron chi connectivity index (χ3n) is 7.38. The van der Waals surface area contributed by atoms with Crippen LogP contribution in [0, 0.1) is 11.3 Å². The lowest BCUT2D eigenvalue weighted by atomic mass is 9.97. The van der Waals surface area contributed by atoms with Crippen LogP contribution in [0.15, 0.2) is 60.0 Å². The Bertz CT molecular complexity index is 1250. The van der Waals surface area contributed by atoms with E-state index in [1.165, 1.54) is 23.5 Å². The molecule has 1 aliphatic heterocycles. The van der Waals surface area contributed by atoms with E-state index >= 15 is 0 Å². The Hall–Kier alpha value is -3.08. The van der Waals surface area contributed by atoms with Crippen LogP contribution in [0.25, 0.3) is 5.57 Å². The van der Waals surface area contributed by atoms with E-state index in [1.807, 2.05) is 13.8 Å². The first-order valence-electron chi connectivity index (χ1n) is 13.2. The molecule has 2 aromatic rings. The van der Waals surface area contributed by atoms with Crippen molar-refractivity contribution < 1.29 is 32.5 Å². The highest BCUT2D eigenvalue weighted by Crippen LogP contribution is 2.54. The van der Waals surface area contributed by atoms with E-state index in [1.54, 1.807) is 36.4 Å². The highest BCUT2D eigenvalue weighted by molar-refractivity contribution is 7.89. The number of ether oxygens (including phenoxy) is 3. The molecule has 1 saturated heterocycles. The van der Waals surface area contributed by atoms with E-state index < -0.39 is 22.2 Å². The Labute approximate surface area is 230 Å². The van der Waals surface area contributed by atoms with Crippen molar-refractivity contribution in [3.63, 3.8) is 0 Å². The summed E-state index contributed by atoms with van der Waals surface area (Å²) < 4.78 is 45.0. The molecule has 2 fully saturated rings. The average Bonchev–Trinajstić information content (AvgIpc) is 3.34. The Morgan fingerprint density at radius 3 is 2.49 bits per heavy atom. The molecule has 2 aliphatic rings. The minimum absolute atomic E-state index is 0.0681. The van der Waals surface area contributed by atoms with Crippen LogP contribution < -0.4 is 10.1 Å². The van der Waals surface area contributed by atoms with Gasteiger partial charge in [-0.05, 0) is 72.7 Å². The number of amides is 1. The molecule has 1 heterocycles. The highest BCUT2D eigenvalue weighted by atomic mass is 32.2. The van der Waals surface area contributed by atoms with E-state index in [-0.39, 0.29) is 41.0 Å². The zero-order valence-electron chi connectivity index (χ0n) is 22.8. The fourth-order valence-corrected chi connectivity index (χ4v) is 6.54. The molecule has 2 N–H and O–H groups in total. The maximum Gasteiger partial charge on any atom is 0.407 e. The number of nitrogens with zero attached hydrogens (tertiary/aromatic N) is 1. The Morgan fingerprint density at radius 2 is 1.90 bits per heavy atom. The number of carbonyl (C=O) groups excluding carboxylic acids is 1. The van der Waals surface area contributed by atoms with Gasteiger partial charge >= 0.3 is 6.09 Å². The lowest BCUT2D eigenvalue weighted by molar-refractivity contribution is 0.111. The molecule has 0 bridgehead atoms. The predicted octanol–water partition coefficient (Wildman–Crippen LogP) is 4.42. The minimum Gasteiger partial charge on any atom is -0.508 e. The summed E-state index contributed by atoms with van der Waals surface area (Å²) in [4.78, 5) is 13.1. The molecular formula is C29H38N2O7S. The highest BCUT2D eigenvalue weighted by Gasteiger charge is 2.59. The monoisotopic (exact) mass is 558 g/mol. The molecule has 3 atom stereocenters. The summed E-state index contributed by atoms with van der Waals surface area (Å²) in [5, 5.41) is 12.6. The first kappa shape index (κ1) is 28.9. The van der Waals surface area contributed by atoms with E-state index in [9.17, 15) is 18.3 Å². The molecule has 1 amide bonds. The van der Waals surface area contributed by atoms with E-state index in [4.69, 9.17) is 14.2 Å². The molecule has 1 aliphatic carbocycles. The Balaban J connectivity index is 1.51. The summed E-state index contributed by atoms with van der Waals surface area (Å²) in [6, 6.07) is 12.2. The molecule has 0 aromatic heterocycles. The molecule has 9 nitrogen and oxygen atoms in total. The normalized spacial score (nSPS) is 21.2. The van der Waals surface area contributed by atoms with Gasteiger partial charge in [0.25, 0.3) is 0 Å². The van der Waals surface area contributed by atoms with Crippen molar-refractivity contribution >= 4 is 21.7 Å². The topological polar surface area (TPSA) is 114 Å². The molecule has 39 heavy (non-hydrogen) atoms. The average molecular weight is 559 g/mol. The second-order valence-corrected chi connectivity index (χ2v) is 12.7. The summed E-state index contributed by atoms with van der Waals surface area (Å²) in [6.45, 7) is 9.84. The van der Waals surface area contributed by atoms with Crippen LogP contribution in [0.5, 0.6) is 11.5 Å². The number of sulfonamides is 1. The lowest BCUT2D eigenvalue weighted by Gasteiger charge is -2.28. The number of carbonyl (C=O) groups is 1. The summed E-state index contributed by atoms with van der Waals surface area (Å²) in [6.07, 6.45) is 1.18. The molecule has 1 saturated carbocycles. The van der Waals surface area contributed by atoms with Crippen molar-refractivity contribution in [3.05, 3.63) is 60.7 Å². The number of phenolic OH excluding ortho intramolecular Hbond substituents is 1. The summed E-state index contributed by atoms with van der Waals surface area (Å²) in [7, 11) is -2.28. The van der Waals surface area contributed by atoms with Gasteiger partial charge in [0.05, 0.1) is 24.7 Å². The number of phenols is 1. The number of methoxy groups -OCH3 is 1. The summed E-state index contributed by atoms with van der Waals surface area (Å²) >= 11 is 0. The van der Waals surface area contributed by atoms with Crippen molar-refractivity contribution in [2.45, 2.75) is 50.2 Å². The molecule has 4 rings (SSSR count). The minimum atomic E-state index is -3.81. The van der Waals surface area contributed by atoms with E-state index in [2.05, 4.69) is 11.9 Å². The molecule has 0 radical (unpaired) electrons. The third-order valence-corrected chi connectivity index (χ3v) is 9.26. The van der Waals surface area contributed by atoms with Gasteiger partial charge in [0.15, 0.2) is 0 Å². The van der Waals surface area contributed by atoms with E-state index in [0.717, 1.165) is 18.4 Å². The van der Waals surface area contributed by atoms with Gasteiger partial charge in [0, 0.05) is 25.1 Å². The van der Waals surface area contributed by atoms with Crippen molar-refractivity contribution in [1.82, 2.24) is 9.62 Å². The zero-order valence-corrected chi connectivity index (χ0v) is 23.6. The lowest BCUT2D eigenvalue weighted by Crippen LogP contribution is -2.41. The number of hydrogen-bond acceptors (Lipinski definition) is 7. The number of hydrogen-bond donors (Lipinski definition) is 2. The van der Waals surface area contributed by atoms with Gasteiger partial charge in [-0.15, -0.1) is 0 Å². The van der Waals surface area contributed by atoms with Gasteiger partial charge in [0.1, 0.15) is 17.6 Å². The van der Waals surface area contributed by atoms with Crippen molar-refractivity contribution in [3.8, 4) is 11.5 Å². The van der Waals surface area contributed by atoms with Gasteiger partial charge in [-0.3, -0.25) is 0 Å². The van der Waals surface area contributed by atoms with Crippen LogP contribution in [-0.4, -0.2) is 69.5 Å². The summed E-state index contributed by atoms with van der Waals surface area (Å²) in [5.41, 5.74) is 1.24. The third kappa shape index (κ3) is 6.93. The quantitative estimate of drug-likeness (QED) is 0.396. The SMILES string of the molecule is C=C(c1ccc(O)cc1)[C@@H](CCN(CC(C)C)S(=O)(=O)c1ccc(OC)cc1)NC(=O)O[C@H]1CC12CCOC2. The molecule has 1 unspecified atom stereocenters. The maximum atomic E-state index is 13.6. The second kappa shape index (κ2) is 12.0. The van der Waals surface area contributed by atoms with Gasteiger partial charge < -0.3 is 24.6 Å². The van der Waals surface area contributed by atoms with Gasteiger partial charge in [-0.25, -0.2) is 13.2 Å². The molecule has 1 spiro atoms. The smallest absolute Gasteiger partial charge is 0.407 e. The van der Waals surface area contributed by atoms with Crippen LogP contribution >= 0.6 is 0 Å². The van der Waals surface area contributed by atoms with Crippen molar-refractivity contribution in [2.75, 3.05) is 33.4 Å². The summed E-state index contributed by atoms with van der Waals surface area (Å²) in [5.74, 6) is 0.760. The maximum absolute atomic E-state index is 13.6.